The van der Waals surface area contributed by atoms with Gasteiger partial charge in [0.1, 0.15) is 6.10 Å². The molecule has 0 spiro atoms. The number of halogens is 1. The zero-order valence-electron chi connectivity index (χ0n) is 20.0. The fourth-order valence-corrected chi connectivity index (χ4v) is 4.98. The highest BCUT2D eigenvalue weighted by Crippen LogP contribution is 2.42. The Morgan fingerprint density at radius 3 is 2.42 bits per heavy atom. The van der Waals surface area contributed by atoms with Gasteiger partial charge in [-0.2, -0.15) is 0 Å². The molecule has 0 radical (unpaired) electrons. The van der Waals surface area contributed by atoms with Gasteiger partial charge in [-0.1, -0.05) is 81.8 Å². The Morgan fingerprint density at radius 2 is 1.82 bits per heavy atom. The van der Waals surface area contributed by atoms with Crippen LogP contribution in [0.15, 0.2) is 54.6 Å². The van der Waals surface area contributed by atoms with E-state index in [9.17, 15) is 9.59 Å². The maximum absolute atomic E-state index is 13.2. The van der Waals surface area contributed by atoms with Crippen molar-refractivity contribution in [2.45, 2.75) is 58.1 Å². The monoisotopic (exact) mass is 471 g/mol. The van der Waals surface area contributed by atoms with E-state index < -0.39 is 17.6 Å². The van der Waals surface area contributed by atoms with Gasteiger partial charge in [0, 0.05) is 16.5 Å². The standard InChI is InChI=1S/C27H34ClNO4/c1-17(2)14-19-15-22(25(30)32-5)23(19)29-26(31)33-24(18-10-7-6-8-11-18)27(3,4)20-12-9-13-21(28)16-20/h6-13,16-17,19,22-24H,14-15H2,1-5H3,(H,29,31)/t19-,22-,23?,24?/m1/s1. The van der Waals surface area contributed by atoms with Gasteiger partial charge < -0.3 is 14.8 Å². The van der Waals surface area contributed by atoms with Crippen molar-refractivity contribution < 1.29 is 19.1 Å². The second-order valence-electron chi connectivity index (χ2n) is 9.85. The molecule has 178 valence electrons. The molecule has 6 heteroatoms. The molecule has 0 heterocycles. The molecule has 1 aliphatic carbocycles. The topological polar surface area (TPSA) is 64.6 Å². The lowest BCUT2D eigenvalue weighted by atomic mass is 9.66. The minimum absolute atomic E-state index is 0.220. The van der Waals surface area contributed by atoms with Crippen LogP contribution in [0.5, 0.6) is 0 Å². The SMILES string of the molecule is COC(=O)[C@@H]1C[C@@H](CC(C)C)C1NC(=O)OC(c1ccccc1)C(C)(C)c1cccc(Cl)c1. The van der Waals surface area contributed by atoms with Crippen LogP contribution < -0.4 is 5.32 Å². The van der Waals surface area contributed by atoms with E-state index in [2.05, 4.69) is 19.2 Å². The Balaban J connectivity index is 1.83. The van der Waals surface area contributed by atoms with E-state index in [4.69, 9.17) is 21.1 Å². The molecular weight excluding hydrogens is 438 g/mol. The first-order valence-corrected chi connectivity index (χ1v) is 11.9. The van der Waals surface area contributed by atoms with E-state index in [1.807, 2.05) is 68.4 Å². The second kappa shape index (κ2) is 10.6. The molecule has 2 aromatic carbocycles. The average Bonchev–Trinajstić information content (AvgIpc) is 2.78. The fourth-order valence-electron chi connectivity index (χ4n) is 4.79. The maximum Gasteiger partial charge on any atom is 0.408 e. The van der Waals surface area contributed by atoms with E-state index in [0.29, 0.717) is 17.4 Å². The summed E-state index contributed by atoms with van der Waals surface area (Å²) < 4.78 is 11.0. The van der Waals surface area contributed by atoms with Gasteiger partial charge in [-0.05, 0) is 47.9 Å². The average molecular weight is 472 g/mol. The minimum atomic E-state index is -0.558. The lowest BCUT2D eigenvalue weighted by molar-refractivity contribution is -0.152. The fraction of sp³-hybridized carbons (Fsp3) is 0.481. The van der Waals surface area contributed by atoms with Gasteiger partial charge in [0.05, 0.1) is 13.0 Å². The molecule has 4 atom stereocenters. The Bertz CT molecular complexity index is 960. The first-order valence-electron chi connectivity index (χ1n) is 11.5. The Hall–Kier alpha value is -2.53. The third-order valence-corrected chi connectivity index (χ3v) is 6.85. The number of benzene rings is 2. The van der Waals surface area contributed by atoms with E-state index in [0.717, 1.165) is 17.5 Å². The second-order valence-corrected chi connectivity index (χ2v) is 10.3. The van der Waals surface area contributed by atoms with Crippen LogP contribution in [0.1, 0.15) is 57.8 Å². The molecule has 1 saturated carbocycles. The highest BCUT2D eigenvalue weighted by molar-refractivity contribution is 6.30. The molecular formula is C27H34ClNO4. The number of esters is 1. The molecule has 1 amide bonds. The lowest BCUT2D eigenvalue weighted by Gasteiger charge is -2.44. The van der Waals surface area contributed by atoms with Gasteiger partial charge in [0.25, 0.3) is 0 Å². The summed E-state index contributed by atoms with van der Waals surface area (Å²) in [6, 6.07) is 17.0. The van der Waals surface area contributed by atoms with Crippen LogP contribution in [0.25, 0.3) is 0 Å². The first-order chi connectivity index (χ1) is 15.6. The van der Waals surface area contributed by atoms with Crippen LogP contribution in [-0.4, -0.2) is 25.2 Å². The number of amides is 1. The van der Waals surface area contributed by atoms with Crippen LogP contribution in [0.3, 0.4) is 0 Å². The molecule has 5 nitrogen and oxygen atoms in total. The van der Waals surface area contributed by atoms with E-state index >= 15 is 0 Å². The molecule has 1 aliphatic rings. The molecule has 2 unspecified atom stereocenters. The molecule has 0 bridgehead atoms. The van der Waals surface area contributed by atoms with Gasteiger partial charge in [0.15, 0.2) is 0 Å². The highest BCUT2D eigenvalue weighted by Gasteiger charge is 2.47. The zero-order chi connectivity index (χ0) is 24.2. The number of carbonyl (C=O) groups excluding carboxylic acids is 2. The number of alkyl carbamates (subject to hydrolysis) is 1. The van der Waals surface area contributed by atoms with Crippen LogP contribution in [0.2, 0.25) is 5.02 Å². The van der Waals surface area contributed by atoms with Crippen molar-refractivity contribution in [3.8, 4) is 0 Å². The quantitative estimate of drug-likeness (QED) is 0.458. The summed E-state index contributed by atoms with van der Waals surface area (Å²) >= 11 is 6.26. The normalized spacial score (nSPS) is 21.1. The number of rotatable bonds is 8. The van der Waals surface area contributed by atoms with Gasteiger partial charge in [-0.25, -0.2) is 4.79 Å². The van der Waals surface area contributed by atoms with Crippen molar-refractivity contribution in [1.82, 2.24) is 5.32 Å². The van der Waals surface area contributed by atoms with E-state index in [1.165, 1.54) is 7.11 Å². The summed E-state index contributed by atoms with van der Waals surface area (Å²) in [7, 11) is 1.38. The molecule has 1 fully saturated rings. The van der Waals surface area contributed by atoms with E-state index in [-0.39, 0.29) is 23.8 Å². The number of carbonyl (C=O) groups is 2. The van der Waals surface area contributed by atoms with Crippen molar-refractivity contribution in [3.63, 3.8) is 0 Å². The zero-order valence-corrected chi connectivity index (χ0v) is 20.8. The maximum atomic E-state index is 13.2. The van der Waals surface area contributed by atoms with E-state index in [1.54, 1.807) is 0 Å². The summed E-state index contributed by atoms with van der Waals surface area (Å²) in [5.74, 6) is 0.0482. The highest BCUT2D eigenvalue weighted by atomic mass is 35.5. The van der Waals surface area contributed by atoms with Crippen molar-refractivity contribution in [3.05, 3.63) is 70.7 Å². The molecule has 2 aromatic rings. The molecule has 0 aliphatic heterocycles. The molecule has 3 rings (SSSR count). The van der Waals surface area contributed by atoms with Crippen molar-refractivity contribution in [1.29, 1.82) is 0 Å². The summed E-state index contributed by atoms with van der Waals surface area (Å²) in [6.45, 7) is 8.34. The largest absolute Gasteiger partial charge is 0.469 e. The van der Waals surface area contributed by atoms with Crippen LogP contribution in [0.4, 0.5) is 4.79 Å². The number of hydrogen-bond acceptors (Lipinski definition) is 4. The third-order valence-electron chi connectivity index (χ3n) is 6.61. The first kappa shape index (κ1) is 25.1. The third kappa shape index (κ3) is 5.89. The molecule has 0 saturated heterocycles. The van der Waals surface area contributed by atoms with Gasteiger partial charge in [0.2, 0.25) is 0 Å². The number of hydrogen-bond donors (Lipinski definition) is 1. The van der Waals surface area contributed by atoms with Gasteiger partial charge in [-0.15, -0.1) is 0 Å². The Kier molecular flexibility index (Phi) is 8.06. The number of methoxy groups -OCH3 is 1. The number of ether oxygens (including phenoxy) is 2. The molecule has 33 heavy (non-hydrogen) atoms. The summed E-state index contributed by atoms with van der Waals surface area (Å²) in [4.78, 5) is 25.4. The van der Waals surface area contributed by atoms with Crippen molar-refractivity contribution in [2.75, 3.05) is 7.11 Å². The van der Waals surface area contributed by atoms with Gasteiger partial charge in [-0.3, -0.25) is 4.79 Å². The van der Waals surface area contributed by atoms with Crippen LogP contribution >= 0.6 is 11.6 Å². The van der Waals surface area contributed by atoms with Gasteiger partial charge >= 0.3 is 12.1 Å². The van der Waals surface area contributed by atoms with Crippen molar-refractivity contribution in [2.24, 2.45) is 17.8 Å². The molecule has 0 aromatic heterocycles. The minimum Gasteiger partial charge on any atom is -0.469 e. The predicted octanol–water partition coefficient (Wildman–Crippen LogP) is 6.31. The lowest BCUT2D eigenvalue weighted by Crippen LogP contribution is -2.57. The predicted molar refractivity (Wildman–Crippen MR) is 130 cm³/mol. The summed E-state index contributed by atoms with van der Waals surface area (Å²) in [5, 5.41) is 3.61. The van der Waals surface area contributed by atoms with Crippen LogP contribution in [0, 0.1) is 17.8 Å². The van der Waals surface area contributed by atoms with Crippen molar-refractivity contribution >= 4 is 23.7 Å². The summed E-state index contributed by atoms with van der Waals surface area (Å²) in [6.07, 6.45) is 0.546. The Morgan fingerprint density at radius 1 is 1.12 bits per heavy atom. The number of nitrogens with one attached hydrogen (secondary N) is 1. The van der Waals surface area contributed by atoms with Crippen LogP contribution in [-0.2, 0) is 19.7 Å². The summed E-state index contributed by atoms with van der Waals surface area (Å²) in [5.41, 5.74) is 1.29. The molecule has 1 N–H and O–H groups in total. The Labute approximate surface area is 201 Å². The smallest absolute Gasteiger partial charge is 0.408 e.